The van der Waals surface area contributed by atoms with E-state index in [2.05, 4.69) is 15.3 Å². The average molecular weight is 356 g/mol. The van der Waals surface area contributed by atoms with Crippen LogP contribution in [-0.2, 0) is 9.84 Å². The topological polar surface area (TPSA) is 92.2 Å². The number of aliphatic hydroxyl groups excluding tert-OH is 1. The number of nitrogens with one attached hydrogen (secondary N) is 1. The number of sulfone groups is 1. The van der Waals surface area contributed by atoms with Crippen molar-refractivity contribution < 1.29 is 13.5 Å². The second-order valence-electron chi connectivity index (χ2n) is 5.27. The molecule has 1 atom stereocenters. The molecule has 0 aromatic carbocycles. The number of halogens is 1. The molecule has 0 unspecified atom stereocenters. The predicted octanol–water partition coefficient (Wildman–Crippen LogP) is 2.38. The summed E-state index contributed by atoms with van der Waals surface area (Å²) >= 11 is 5.93. The van der Waals surface area contributed by atoms with Crippen molar-refractivity contribution in [1.29, 1.82) is 0 Å². The fourth-order valence-electron chi connectivity index (χ4n) is 1.95. The average Bonchev–Trinajstić information content (AvgIpc) is 2.46. The van der Waals surface area contributed by atoms with Crippen LogP contribution in [0, 0.1) is 0 Å². The van der Waals surface area contributed by atoms with Crippen molar-refractivity contribution in [1.82, 2.24) is 9.97 Å². The van der Waals surface area contributed by atoms with Gasteiger partial charge in [-0.15, -0.1) is 0 Å². The molecule has 23 heavy (non-hydrogen) atoms. The Labute approximate surface area is 140 Å². The quantitative estimate of drug-likeness (QED) is 0.773. The summed E-state index contributed by atoms with van der Waals surface area (Å²) in [7, 11) is -3.28. The summed E-state index contributed by atoms with van der Waals surface area (Å²) in [5, 5.41) is 12.9. The molecule has 0 amide bonds. The monoisotopic (exact) mass is 355 g/mol. The van der Waals surface area contributed by atoms with Crippen molar-refractivity contribution in [2.75, 3.05) is 18.1 Å². The molecule has 0 saturated carbocycles. The summed E-state index contributed by atoms with van der Waals surface area (Å²) in [6.07, 6.45) is 4.21. The van der Waals surface area contributed by atoms with Gasteiger partial charge in [0.2, 0.25) is 0 Å². The van der Waals surface area contributed by atoms with Crippen LogP contribution in [0.3, 0.4) is 0 Å². The maximum Gasteiger partial charge on any atom is 0.177 e. The van der Waals surface area contributed by atoms with Crippen molar-refractivity contribution in [2.24, 2.45) is 0 Å². The van der Waals surface area contributed by atoms with Gasteiger partial charge in [0.1, 0.15) is 5.15 Å². The van der Waals surface area contributed by atoms with Gasteiger partial charge in [0.25, 0.3) is 0 Å². The molecule has 2 aromatic heterocycles. The third kappa shape index (κ3) is 4.89. The van der Waals surface area contributed by atoms with E-state index in [1.165, 1.54) is 12.3 Å². The summed E-state index contributed by atoms with van der Waals surface area (Å²) in [6, 6.07) is 4.80. The van der Waals surface area contributed by atoms with Gasteiger partial charge in [0.15, 0.2) is 9.84 Å². The third-order valence-corrected chi connectivity index (χ3v) is 4.49. The lowest BCUT2D eigenvalue weighted by Crippen LogP contribution is -2.10. The second-order valence-corrected chi connectivity index (χ2v) is 7.67. The highest BCUT2D eigenvalue weighted by atomic mass is 35.5. The van der Waals surface area contributed by atoms with Gasteiger partial charge >= 0.3 is 0 Å². The van der Waals surface area contributed by atoms with Crippen LogP contribution in [0.2, 0.25) is 5.15 Å². The van der Waals surface area contributed by atoms with E-state index >= 15 is 0 Å². The Kier molecular flexibility index (Phi) is 5.56. The smallest absolute Gasteiger partial charge is 0.177 e. The number of anilines is 1. The molecule has 2 heterocycles. The Balaban J connectivity index is 2.31. The summed E-state index contributed by atoms with van der Waals surface area (Å²) in [5.74, 6) is 0. The van der Waals surface area contributed by atoms with Crippen LogP contribution in [0.25, 0.3) is 11.3 Å². The summed E-state index contributed by atoms with van der Waals surface area (Å²) in [5.41, 5.74) is 2.02. The first-order valence-electron chi connectivity index (χ1n) is 7.01. The first-order valence-corrected chi connectivity index (χ1v) is 9.28. The molecule has 0 aliphatic heterocycles. The Bertz CT molecular complexity index is 777. The fraction of sp³-hybridized carbons (Fsp3) is 0.333. The Morgan fingerprint density at radius 2 is 2.04 bits per heavy atom. The van der Waals surface area contributed by atoms with E-state index in [9.17, 15) is 13.5 Å². The van der Waals surface area contributed by atoms with Gasteiger partial charge in [-0.1, -0.05) is 11.6 Å². The molecular weight excluding hydrogens is 338 g/mol. The molecule has 8 heteroatoms. The second kappa shape index (κ2) is 7.25. The minimum atomic E-state index is -3.28. The maximum absolute atomic E-state index is 11.5. The van der Waals surface area contributed by atoms with E-state index in [1.54, 1.807) is 25.3 Å². The first-order chi connectivity index (χ1) is 10.8. The predicted molar refractivity (Wildman–Crippen MR) is 90.4 cm³/mol. The van der Waals surface area contributed by atoms with Crippen molar-refractivity contribution in [3.05, 3.63) is 35.7 Å². The lowest BCUT2D eigenvalue weighted by atomic mass is 10.1. The zero-order valence-electron chi connectivity index (χ0n) is 12.8. The van der Waals surface area contributed by atoms with Crippen molar-refractivity contribution in [2.45, 2.75) is 24.3 Å². The molecule has 2 N–H and O–H groups in total. The van der Waals surface area contributed by atoms with Crippen LogP contribution < -0.4 is 5.32 Å². The Morgan fingerprint density at radius 1 is 1.30 bits per heavy atom. The molecule has 0 aliphatic carbocycles. The highest BCUT2D eigenvalue weighted by Gasteiger charge is 2.11. The van der Waals surface area contributed by atoms with Crippen LogP contribution in [-0.4, -0.2) is 42.4 Å². The van der Waals surface area contributed by atoms with Gasteiger partial charge in [0.05, 0.1) is 16.7 Å². The van der Waals surface area contributed by atoms with Crippen LogP contribution >= 0.6 is 11.6 Å². The Hall–Kier alpha value is -1.70. The van der Waals surface area contributed by atoms with Crippen molar-refractivity contribution >= 4 is 27.1 Å². The number of aliphatic hydroxyl groups is 1. The van der Waals surface area contributed by atoms with Gasteiger partial charge in [-0.2, -0.15) is 0 Å². The minimum absolute atomic E-state index is 0.159. The summed E-state index contributed by atoms with van der Waals surface area (Å²) in [6.45, 7) is 2.28. The van der Waals surface area contributed by atoms with Gasteiger partial charge in [-0.3, -0.25) is 4.98 Å². The van der Waals surface area contributed by atoms with Crippen LogP contribution in [0.4, 0.5) is 5.69 Å². The summed E-state index contributed by atoms with van der Waals surface area (Å²) in [4.78, 5) is 8.40. The molecule has 0 fully saturated rings. The maximum atomic E-state index is 11.5. The Morgan fingerprint density at radius 3 is 2.61 bits per heavy atom. The summed E-state index contributed by atoms with van der Waals surface area (Å²) < 4.78 is 23.0. The van der Waals surface area contributed by atoms with E-state index in [4.69, 9.17) is 11.6 Å². The molecule has 124 valence electrons. The van der Waals surface area contributed by atoms with E-state index in [-0.39, 0.29) is 4.90 Å². The van der Waals surface area contributed by atoms with E-state index in [1.807, 2.05) is 0 Å². The highest BCUT2D eigenvalue weighted by molar-refractivity contribution is 7.90. The van der Waals surface area contributed by atoms with Gasteiger partial charge in [-0.25, -0.2) is 13.4 Å². The van der Waals surface area contributed by atoms with Crippen molar-refractivity contribution in [3.63, 3.8) is 0 Å². The van der Waals surface area contributed by atoms with Crippen LogP contribution in [0.1, 0.15) is 13.3 Å². The molecule has 0 saturated heterocycles. The highest BCUT2D eigenvalue weighted by Crippen LogP contribution is 2.28. The van der Waals surface area contributed by atoms with E-state index < -0.39 is 15.9 Å². The molecule has 0 aliphatic rings. The zero-order valence-corrected chi connectivity index (χ0v) is 14.4. The molecule has 0 bridgehead atoms. The molecule has 2 aromatic rings. The lowest BCUT2D eigenvalue weighted by molar-refractivity contribution is 0.189. The minimum Gasteiger partial charge on any atom is -0.393 e. The van der Waals surface area contributed by atoms with Crippen molar-refractivity contribution in [3.8, 4) is 11.3 Å². The lowest BCUT2D eigenvalue weighted by Gasteiger charge is -2.13. The number of hydrogen-bond acceptors (Lipinski definition) is 6. The van der Waals surface area contributed by atoms with E-state index in [0.717, 1.165) is 11.9 Å². The van der Waals surface area contributed by atoms with Crippen LogP contribution in [0.5, 0.6) is 0 Å². The fourth-order valence-corrected chi connectivity index (χ4v) is 2.67. The standard InChI is InChI=1S/C15H18ClN3O3S/c1-10(20)5-6-17-14-7-15(16)19-9-12(14)13-4-3-11(8-18-13)23(2,21)22/h3-4,7-10,20H,5-6H2,1-2H3,(H,17,19)/t10-/m1/s1. The number of hydrogen-bond donors (Lipinski definition) is 2. The number of rotatable bonds is 6. The number of pyridine rings is 2. The molecule has 6 nitrogen and oxygen atoms in total. The zero-order chi connectivity index (χ0) is 17.0. The van der Waals surface area contributed by atoms with Gasteiger partial charge in [0, 0.05) is 36.4 Å². The van der Waals surface area contributed by atoms with Gasteiger partial charge in [-0.05, 0) is 31.5 Å². The molecular formula is C15H18ClN3O3S. The van der Waals surface area contributed by atoms with E-state index in [0.29, 0.717) is 29.4 Å². The SMILES string of the molecule is C[C@@H](O)CCNc1cc(Cl)ncc1-c1ccc(S(C)(=O)=O)cn1. The molecule has 2 rings (SSSR count). The van der Waals surface area contributed by atoms with Gasteiger partial charge < -0.3 is 10.4 Å². The largest absolute Gasteiger partial charge is 0.393 e. The number of aromatic nitrogens is 2. The number of nitrogens with zero attached hydrogens (tertiary/aromatic N) is 2. The normalized spacial score (nSPS) is 12.9. The molecule has 0 spiro atoms. The third-order valence-electron chi connectivity index (χ3n) is 3.19. The van der Waals surface area contributed by atoms with Crippen LogP contribution in [0.15, 0.2) is 35.5 Å². The molecule has 0 radical (unpaired) electrons. The first kappa shape index (κ1) is 17.7.